The highest BCUT2D eigenvalue weighted by molar-refractivity contribution is 6.30. The molecule has 11 nitrogen and oxygen atoms in total. The number of rotatable bonds is 2. The number of hydrogen-bond donors (Lipinski definition) is 0. The second-order valence-corrected chi connectivity index (χ2v) is 6.68. The Morgan fingerprint density at radius 3 is 2.45 bits per heavy atom. The van der Waals surface area contributed by atoms with E-state index in [0.717, 1.165) is 14.7 Å². The Bertz CT molecular complexity index is 1010. The molecule has 0 aromatic carbocycles. The summed E-state index contributed by atoms with van der Waals surface area (Å²) in [6.45, 7) is -0.650. The Balaban J connectivity index is 1.65. The first-order chi connectivity index (χ1) is 13.9. The number of anilines is 1. The molecular weight excluding hydrogens is 404 g/mol. The van der Waals surface area contributed by atoms with E-state index in [-0.39, 0.29) is 30.3 Å². The van der Waals surface area contributed by atoms with Crippen molar-refractivity contribution in [2.24, 2.45) is 0 Å². The molecule has 2 aliphatic heterocycles. The van der Waals surface area contributed by atoms with Crippen molar-refractivity contribution >= 4 is 41.2 Å². The fourth-order valence-corrected chi connectivity index (χ4v) is 3.02. The van der Waals surface area contributed by atoms with Gasteiger partial charge in [-0.05, 0) is 12.1 Å². The predicted molar refractivity (Wildman–Crippen MR) is 96.7 cm³/mol. The molecule has 0 aliphatic carbocycles. The van der Waals surface area contributed by atoms with Gasteiger partial charge in [0.15, 0.2) is 5.69 Å². The zero-order valence-electron chi connectivity index (χ0n) is 15.0. The highest BCUT2D eigenvalue weighted by Crippen LogP contribution is 2.35. The number of carbonyl (C=O) groups excluding carboxylic acids is 4. The smallest absolute Gasteiger partial charge is 0.412 e. The summed E-state index contributed by atoms with van der Waals surface area (Å²) >= 11 is 5.85. The second-order valence-electron chi connectivity index (χ2n) is 6.24. The molecule has 1 saturated heterocycles. The third-order valence-corrected chi connectivity index (χ3v) is 4.67. The highest BCUT2D eigenvalue weighted by Gasteiger charge is 2.45. The van der Waals surface area contributed by atoms with Crippen LogP contribution in [0.15, 0.2) is 30.7 Å². The summed E-state index contributed by atoms with van der Waals surface area (Å²) in [6, 6.07) is 3.01. The van der Waals surface area contributed by atoms with Gasteiger partial charge < -0.3 is 4.74 Å². The zero-order chi connectivity index (χ0) is 20.7. The minimum absolute atomic E-state index is 0.00702. The first-order valence-electron chi connectivity index (χ1n) is 8.38. The van der Waals surface area contributed by atoms with Crippen LogP contribution in [0.25, 0.3) is 0 Å². The number of likely N-dealkylation sites (N-methyl/N-ethyl adjacent to an activating group) is 1. The van der Waals surface area contributed by atoms with E-state index in [4.69, 9.17) is 16.3 Å². The van der Waals surface area contributed by atoms with Gasteiger partial charge in [0.25, 0.3) is 5.91 Å². The van der Waals surface area contributed by atoms with E-state index in [9.17, 15) is 19.2 Å². The Hall–Kier alpha value is -3.60. The summed E-state index contributed by atoms with van der Waals surface area (Å²) in [5.41, 5.74) is 0.127. The lowest BCUT2D eigenvalue weighted by atomic mass is 10.3. The number of ether oxygens (including phenoxy) is 1. The number of carbonyl (C=O) groups is 4. The van der Waals surface area contributed by atoms with E-state index in [2.05, 4.69) is 15.0 Å². The maximum atomic E-state index is 12.8. The molecule has 12 heteroatoms. The molecule has 2 aliphatic rings. The summed E-state index contributed by atoms with van der Waals surface area (Å²) in [7, 11) is 1.34. The van der Waals surface area contributed by atoms with Crippen LogP contribution in [-0.2, 0) is 14.3 Å². The van der Waals surface area contributed by atoms with Gasteiger partial charge >= 0.3 is 6.09 Å². The van der Waals surface area contributed by atoms with Crippen molar-refractivity contribution in [1.29, 1.82) is 0 Å². The van der Waals surface area contributed by atoms with Gasteiger partial charge in [-0.2, -0.15) is 0 Å². The van der Waals surface area contributed by atoms with Gasteiger partial charge in [0.1, 0.15) is 24.6 Å². The number of halogens is 1. The van der Waals surface area contributed by atoms with E-state index < -0.39 is 30.0 Å². The summed E-state index contributed by atoms with van der Waals surface area (Å²) in [6.07, 6.45) is 1.82. The van der Waals surface area contributed by atoms with Crippen LogP contribution in [0, 0.1) is 0 Å². The van der Waals surface area contributed by atoms with Crippen molar-refractivity contribution in [3.8, 4) is 0 Å². The normalized spacial score (nSPS) is 18.9. The molecule has 1 fully saturated rings. The number of piperazine rings is 1. The maximum Gasteiger partial charge on any atom is 0.412 e. The number of pyridine rings is 1. The fraction of sp³-hybridized carbons (Fsp3) is 0.235. The van der Waals surface area contributed by atoms with Crippen molar-refractivity contribution in [2.45, 2.75) is 6.23 Å². The molecule has 0 radical (unpaired) electrons. The van der Waals surface area contributed by atoms with Crippen molar-refractivity contribution < 1.29 is 23.9 Å². The summed E-state index contributed by atoms with van der Waals surface area (Å²) in [5.74, 6) is -1.48. The predicted octanol–water partition coefficient (Wildman–Crippen LogP) is 0.621. The van der Waals surface area contributed by atoms with E-state index in [1.807, 2.05) is 0 Å². The van der Waals surface area contributed by atoms with Crippen LogP contribution in [0.2, 0.25) is 5.02 Å². The minimum Gasteiger partial charge on any atom is -0.419 e. The Kier molecular flexibility index (Phi) is 4.59. The van der Waals surface area contributed by atoms with Crippen LogP contribution in [0.1, 0.15) is 22.4 Å². The standard InChI is InChI=1S/C17H13ClN6O5/c1-22-11(25)7-23(8-12(22)26)17(28)29-16-14-13(19-4-5-20-14)15(27)24(16)10-3-2-9(18)6-21-10/h2-6,16H,7-8H2,1H3/t16-/m0/s1. The molecule has 2 aromatic heterocycles. The van der Waals surface area contributed by atoms with Crippen LogP contribution in [0.3, 0.4) is 0 Å². The third kappa shape index (κ3) is 3.25. The number of aromatic nitrogens is 3. The van der Waals surface area contributed by atoms with Gasteiger partial charge in [-0.15, -0.1) is 0 Å². The molecule has 4 heterocycles. The monoisotopic (exact) mass is 416 g/mol. The number of nitrogens with zero attached hydrogens (tertiary/aromatic N) is 6. The lowest BCUT2D eigenvalue weighted by molar-refractivity contribution is -0.148. The van der Waals surface area contributed by atoms with Crippen LogP contribution in [-0.4, -0.2) is 68.7 Å². The fourth-order valence-electron chi connectivity index (χ4n) is 2.91. The largest absolute Gasteiger partial charge is 0.419 e. The van der Waals surface area contributed by atoms with Crippen molar-refractivity contribution in [3.63, 3.8) is 0 Å². The van der Waals surface area contributed by atoms with Crippen LogP contribution >= 0.6 is 11.6 Å². The van der Waals surface area contributed by atoms with Gasteiger partial charge in [-0.3, -0.25) is 29.2 Å². The van der Waals surface area contributed by atoms with Crippen LogP contribution in [0.5, 0.6) is 0 Å². The van der Waals surface area contributed by atoms with Gasteiger partial charge in [-0.25, -0.2) is 19.7 Å². The van der Waals surface area contributed by atoms with Crippen molar-refractivity contribution in [1.82, 2.24) is 24.8 Å². The second kappa shape index (κ2) is 7.09. The molecule has 2 aromatic rings. The molecule has 0 unspecified atom stereocenters. The van der Waals surface area contributed by atoms with Crippen LogP contribution in [0.4, 0.5) is 10.6 Å². The topological polar surface area (TPSA) is 126 Å². The Morgan fingerprint density at radius 2 is 1.79 bits per heavy atom. The summed E-state index contributed by atoms with van der Waals surface area (Å²) in [5, 5.41) is 0.358. The first-order valence-corrected chi connectivity index (χ1v) is 8.75. The number of fused-ring (bicyclic) bond motifs is 1. The quantitative estimate of drug-likeness (QED) is 0.652. The first kappa shape index (κ1) is 18.7. The van der Waals surface area contributed by atoms with Gasteiger partial charge in [-0.1, -0.05) is 11.6 Å². The van der Waals surface area contributed by atoms with Crippen LogP contribution < -0.4 is 4.90 Å². The van der Waals surface area contributed by atoms with Gasteiger partial charge in [0.2, 0.25) is 18.0 Å². The van der Waals surface area contributed by atoms with Gasteiger partial charge in [0.05, 0.1) is 5.02 Å². The van der Waals surface area contributed by atoms with E-state index in [1.54, 1.807) is 0 Å². The Morgan fingerprint density at radius 1 is 1.10 bits per heavy atom. The molecule has 1 atom stereocenters. The molecule has 0 bridgehead atoms. The van der Waals surface area contributed by atoms with Crippen molar-refractivity contribution in [2.75, 3.05) is 25.0 Å². The highest BCUT2D eigenvalue weighted by atomic mass is 35.5. The molecule has 29 heavy (non-hydrogen) atoms. The lowest BCUT2D eigenvalue weighted by Crippen LogP contribution is -2.54. The number of amides is 4. The average molecular weight is 417 g/mol. The molecular formula is C17H13ClN6O5. The zero-order valence-corrected chi connectivity index (χ0v) is 15.7. The SMILES string of the molecule is CN1C(=O)CN(C(=O)O[C@H]2c3nccnc3C(=O)N2c2ccc(Cl)cn2)CC1=O. The van der Waals surface area contributed by atoms with Crippen molar-refractivity contribution in [3.05, 3.63) is 47.1 Å². The molecule has 4 amide bonds. The van der Waals surface area contributed by atoms with E-state index in [0.29, 0.717) is 5.02 Å². The Labute approximate surface area is 168 Å². The number of imide groups is 1. The van der Waals surface area contributed by atoms with E-state index >= 15 is 0 Å². The molecule has 0 spiro atoms. The summed E-state index contributed by atoms with van der Waals surface area (Å²) in [4.78, 5) is 64.4. The van der Waals surface area contributed by atoms with E-state index in [1.165, 1.54) is 37.8 Å². The third-order valence-electron chi connectivity index (χ3n) is 4.45. The summed E-state index contributed by atoms with van der Waals surface area (Å²) < 4.78 is 5.47. The lowest BCUT2D eigenvalue weighted by Gasteiger charge is -2.31. The van der Waals surface area contributed by atoms with Gasteiger partial charge in [0, 0.05) is 25.6 Å². The molecule has 0 saturated carbocycles. The average Bonchev–Trinajstić information content (AvgIpc) is 2.98. The molecule has 4 rings (SSSR count). The molecule has 0 N–H and O–H groups in total. The minimum atomic E-state index is -1.27. The number of hydrogen-bond acceptors (Lipinski definition) is 8. The molecule has 148 valence electrons. The maximum absolute atomic E-state index is 12.8.